The molecule has 0 aliphatic carbocycles. The Morgan fingerprint density at radius 3 is 2.63 bits per heavy atom. The number of nitrogens with one attached hydrogen (secondary N) is 1. The van der Waals surface area contributed by atoms with Gasteiger partial charge in [-0.3, -0.25) is 14.8 Å². The quantitative estimate of drug-likeness (QED) is 0.856. The summed E-state index contributed by atoms with van der Waals surface area (Å²) >= 11 is 0. The van der Waals surface area contributed by atoms with E-state index < -0.39 is 12.0 Å². The van der Waals surface area contributed by atoms with Crippen molar-refractivity contribution in [2.24, 2.45) is 7.05 Å². The third kappa shape index (κ3) is 3.20. The van der Waals surface area contributed by atoms with Crippen molar-refractivity contribution in [2.75, 3.05) is 0 Å². The summed E-state index contributed by atoms with van der Waals surface area (Å²) in [6.07, 6.45) is 0. The first-order valence-electron chi connectivity index (χ1n) is 6.08. The Bertz CT molecular complexity index is 563. The molecule has 2 N–H and O–H groups in total. The SMILES string of the molecule is Cc1cc(CNC(C(=O)O)c2ccccc2)n(C)n1. The van der Waals surface area contributed by atoms with E-state index in [1.807, 2.05) is 38.2 Å². The highest BCUT2D eigenvalue weighted by molar-refractivity contribution is 5.75. The van der Waals surface area contributed by atoms with E-state index in [2.05, 4.69) is 10.4 Å². The number of nitrogens with zero attached hydrogens (tertiary/aromatic N) is 2. The first-order chi connectivity index (χ1) is 9.08. The van der Waals surface area contributed by atoms with Crippen LogP contribution in [-0.4, -0.2) is 20.9 Å². The zero-order valence-corrected chi connectivity index (χ0v) is 11.0. The van der Waals surface area contributed by atoms with E-state index in [-0.39, 0.29) is 0 Å². The van der Waals surface area contributed by atoms with Gasteiger partial charge < -0.3 is 5.11 Å². The molecule has 1 atom stereocenters. The normalized spacial score (nSPS) is 12.3. The molecule has 1 aromatic heterocycles. The van der Waals surface area contributed by atoms with Crippen molar-refractivity contribution < 1.29 is 9.90 Å². The topological polar surface area (TPSA) is 67.2 Å². The van der Waals surface area contributed by atoms with Gasteiger partial charge in [-0.25, -0.2) is 0 Å². The van der Waals surface area contributed by atoms with E-state index in [4.69, 9.17) is 0 Å². The molecule has 0 spiro atoms. The van der Waals surface area contributed by atoms with Crippen LogP contribution in [0.3, 0.4) is 0 Å². The number of aryl methyl sites for hydroxylation is 2. The molecule has 0 radical (unpaired) electrons. The van der Waals surface area contributed by atoms with E-state index in [1.54, 1.807) is 16.8 Å². The van der Waals surface area contributed by atoms with Crippen LogP contribution in [0, 0.1) is 6.92 Å². The van der Waals surface area contributed by atoms with Gasteiger partial charge in [-0.05, 0) is 18.6 Å². The predicted octanol–water partition coefficient (Wildman–Crippen LogP) is 1.64. The second kappa shape index (κ2) is 5.67. The summed E-state index contributed by atoms with van der Waals surface area (Å²) in [5, 5.41) is 16.6. The second-order valence-corrected chi connectivity index (χ2v) is 4.46. The molecule has 5 nitrogen and oxygen atoms in total. The first kappa shape index (κ1) is 13.3. The molecule has 0 saturated heterocycles. The van der Waals surface area contributed by atoms with Gasteiger partial charge in [0.2, 0.25) is 0 Å². The molecule has 19 heavy (non-hydrogen) atoms. The monoisotopic (exact) mass is 259 g/mol. The fourth-order valence-corrected chi connectivity index (χ4v) is 2.03. The molecule has 0 saturated carbocycles. The second-order valence-electron chi connectivity index (χ2n) is 4.46. The lowest BCUT2D eigenvalue weighted by molar-refractivity contribution is -0.139. The highest BCUT2D eigenvalue weighted by Crippen LogP contribution is 2.13. The number of rotatable bonds is 5. The summed E-state index contributed by atoms with van der Waals surface area (Å²) in [6, 6.07) is 10.4. The molecule has 2 rings (SSSR count). The number of hydrogen-bond donors (Lipinski definition) is 2. The van der Waals surface area contributed by atoms with Gasteiger partial charge in [0.05, 0.1) is 11.4 Å². The molecule has 1 heterocycles. The zero-order chi connectivity index (χ0) is 13.8. The van der Waals surface area contributed by atoms with Crippen LogP contribution in [-0.2, 0) is 18.4 Å². The first-order valence-corrected chi connectivity index (χ1v) is 6.08. The van der Waals surface area contributed by atoms with Gasteiger partial charge >= 0.3 is 5.97 Å². The van der Waals surface area contributed by atoms with Crippen LogP contribution in [0.4, 0.5) is 0 Å². The lowest BCUT2D eigenvalue weighted by atomic mass is 10.1. The molecule has 1 aromatic carbocycles. The zero-order valence-electron chi connectivity index (χ0n) is 11.0. The third-order valence-corrected chi connectivity index (χ3v) is 2.97. The molecule has 100 valence electrons. The van der Waals surface area contributed by atoms with Crippen molar-refractivity contribution >= 4 is 5.97 Å². The Kier molecular flexibility index (Phi) is 3.97. The molecule has 0 bridgehead atoms. The minimum atomic E-state index is -0.884. The number of aliphatic carboxylic acids is 1. The van der Waals surface area contributed by atoms with Gasteiger partial charge in [-0.15, -0.1) is 0 Å². The Balaban J connectivity index is 2.10. The molecule has 0 aliphatic heterocycles. The van der Waals surface area contributed by atoms with Gasteiger partial charge in [0.1, 0.15) is 6.04 Å². The van der Waals surface area contributed by atoms with Gasteiger partial charge in [0, 0.05) is 13.6 Å². The summed E-state index contributed by atoms with van der Waals surface area (Å²) in [6.45, 7) is 2.37. The molecular formula is C14H17N3O2. The fourth-order valence-electron chi connectivity index (χ4n) is 2.03. The highest BCUT2D eigenvalue weighted by Gasteiger charge is 2.19. The Hall–Kier alpha value is -2.14. The van der Waals surface area contributed by atoms with Crippen LogP contribution < -0.4 is 5.32 Å². The standard InChI is InChI=1S/C14H17N3O2/c1-10-8-12(17(2)16-10)9-15-13(14(18)19)11-6-4-3-5-7-11/h3-8,13,15H,9H2,1-2H3,(H,18,19). The Morgan fingerprint density at radius 1 is 1.42 bits per heavy atom. The van der Waals surface area contributed by atoms with Gasteiger partial charge in [0.25, 0.3) is 0 Å². The summed E-state index contributed by atoms with van der Waals surface area (Å²) < 4.78 is 1.76. The summed E-state index contributed by atoms with van der Waals surface area (Å²) in [5.74, 6) is -0.884. The smallest absolute Gasteiger partial charge is 0.325 e. The summed E-state index contributed by atoms with van der Waals surface area (Å²) in [7, 11) is 1.85. The molecule has 2 aromatic rings. The van der Waals surface area contributed by atoms with Crippen LogP contribution in [0.2, 0.25) is 0 Å². The minimum absolute atomic E-state index is 0.462. The number of aromatic nitrogens is 2. The molecule has 0 fully saturated rings. The van der Waals surface area contributed by atoms with E-state index in [9.17, 15) is 9.90 Å². The van der Waals surface area contributed by atoms with Crippen LogP contribution in [0.15, 0.2) is 36.4 Å². The van der Waals surface area contributed by atoms with E-state index in [1.165, 1.54) is 0 Å². The van der Waals surface area contributed by atoms with E-state index in [0.717, 1.165) is 17.0 Å². The van der Waals surface area contributed by atoms with Crippen LogP contribution >= 0.6 is 0 Å². The lowest BCUT2D eigenvalue weighted by Crippen LogP contribution is -2.28. The highest BCUT2D eigenvalue weighted by atomic mass is 16.4. The van der Waals surface area contributed by atoms with Crippen molar-refractivity contribution in [3.05, 3.63) is 53.3 Å². The van der Waals surface area contributed by atoms with E-state index >= 15 is 0 Å². The molecule has 5 heteroatoms. The molecule has 0 aliphatic rings. The van der Waals surface area contributed by atoms with Crippen molar-refractivity contribution in [2.45, 2.75) is 19.5 Å². The maximum atomic E-state index is 11.3. The number of carboxylic acid groups (broad SMARTS) is 1. The van der Waals surface area contributed by atoms with Crippen molar-refractivity contribution in [3.63, 3.8) is 0 Å². The average molecular weight is 259 g/mol. The summed E-state index contributed by atoms with van der Waals surface area (Å²) in [4.78, 5) is 11.3. The van der Waals surface area contributed by atoms with E-state index in [0.29, 0.717) is 6.54 Å². The number of benzene rings is 1. The van der Waals surface area contributed by atoms with Crippen molar-refractivity contribution in [1.82, 2.24) is 15.1 Å². The Labute approximate surface area is 111 Å². The third-order valence-electron chi connectivity index (χ3n) is 2.97. The maximum Gasteiger partial charge on any atom is 0.325 e. The van der Waals surface area contributed by atoms with Gasteiger partial charge in [0.15, 0.2) is 0 Å². The summed E-state index contributed by atoms with van der Waals surface area (Å²) in [5.41, 5.74) is 2.62. The maximum absolute atomic E-state index is 11.3. The average Bonchev–Trinajstić information content (AvgIpc) is 2.69. The predicted molar refractivity (Wildman–Crippen MR) is 71.6 cm³/mol. The minimum Gasteiger partial charge on any atom is -0.480 e. The Morgan fingerprint density at radius 2 is 2.11 bits per heavy atom. The van der Waals surface area contributed by atoms with Crippen LogP contribution in [0.5, 0.6) is 0 Å². The molecule has 0 amide bonds. The largest absolute Gasteiger partial charge is 0.480 e. The van der Waals surface area contributed by atoms with Crippen LogP contribution in [0.25, 0.3) is 0 Å². The number of carbonyl (C=O) groups is 1. The van der Waals surface area contributed by atoms with Gasteiger partial charge in [-0.2, -0.15) is 5.10 Å². The van der Waals surface area contributed by atoms with Crippen LogP contribution in [0.1, 0.15) is 23.0 Å². The van der Waals surface area contributed by atoms with Crippen molar-refractivity contribution in [1.29, 1.82) is 0 Å². The van der Waals surface area contributed by atoms with Crippen molar-refractivity contribution in [3.8, 4) is 0 Å². The number of carboxylic acids is 1. The molecular weight excluding hydrogens is 242 g/mol. The fraction of sp³-hybridized carbons (Fsp3) is 0.286. The molecule has 1 unspecified atom stereocenters. The van der Waals surface area contributed by atoms with Gasteiger partial charge in [-0.1, -0.05) is 30.3 Å². The lowest BCUT2D eigenvalue weighted by Gasteiger charge is -2.14. The number of hydrogen-bond acceptors (Lipinski definition) is 3.